The van der Waals surface area contributed by atoms with Crippen molar-refractivity contribution in [2.24, 2.45) is 5.92 Å². The maximum Gasteiger partial charge on any atom is 0.162 e. The molecule has 0 spiro atoms. The average Bonchev–Trinajstić information content (AvgIpc) is 2.77. The topological polar surface area (TPSA) is 59.5 Å². The second kappa shape index (κ2) is 4.57. The number of anilines is 1. The Morgan fingerprint density at radius 2 is 2.06 bits per heavy atom. The Hall–Kier alpha value is -1.62. The molecule has 5 heteroatoms. The van der Waals surface area contributed by atoms with Crippen molar-refractivity contribution in [2.75, 3.05) is 25.9 Å². The van der Waals surface area contributed by atoms with Crippen LogP contribution in [0.4, 0.5) is 5.82 Å². The molecule has 0 atom stereocenters. The van der Waals surface area contributed by atoms with Crippen LogP contribution in [-0.4, -0.2) is 39.6 Å². The summed E-state index contributed by atoms with van der Waals surface area (Å²) in [5.41, 5.74) is 6.85. The van der Waals surface area contributed by atoms with Crippen LogP contribution in [0.25, 0.3) is 5.65 Å². The van der Waals surface area contributed by atoms with Crippen LogP contribution in [0.5, 0.6) is 0 Å². The van der Waals surface area contributed by atoms with Gasteiger partial charge < -0.3 is 10.6 Å². The molecule has 0 aromatic carbocycles. The lowest BCUT2D eigenvalue weighted by Gasteiger charge is -2.28. The zero-order valence-corrected chi connectivity index (χ0v) is 10.7. The van der Waals surface area contributed by atoms with Crippen LogP contribution < -0.4 is 5.73 Å². The lowest BCUT2D eigenvalue weighted by atomic mass is 9.93. The molecular weight excluding hydrogens is 226 g/mol. The van der Waals surface area contributed by atoms with E-state index < -0.39 is 0 Å². The molecule has 0 bridgehead atoms. The molecule has 0 aliphatic carbocycles. The molecule has 1 aliphatic heterocycles. The van der Waals surface area contributed by atoms with Crippen LogP contribution in [0, 0.1) is 5.92 Å². The fourth-order valence-corrected chi connectivity index (χ4v) is 2.68. The minimum atomic E-state index is 0.702. The van der Waals surface area contributed by atoms with Crippen molar-refractivity contribution < 1.29 is 0 Å². The number of aromatic nitrogens is 3. The summed E-state index contributed by atoms with van der Waals surface area (Å²) in [5, 5.41) is 8.47. The normalized spacial score (nSPS) is 18.5. The Balaban J connectivity index is 1.82. The van der Waals surface area contributed by atoms with E-state index in [1.54, 1.807) is 0 Å². The molecule has 1 fully saturated rings. The molecule has 3 rings (SSSR count). The third-order valence-corrected chi connectivity index (χ3v) is 3.83. The lowest BCUT2D eigenvalue weighted by Crippen LogP contribution is -2.31. The molecule has 3 heterocycles. The van der Waals surface area contributed by atoms with E-state index in [4.69, 9.17) is 5.73 Å². The second-order valence-corrected chi connectivity index (χ2v) is 5.21. The number of hydrogen-bond donors (Lipinski definition) is 1. The first-order chi connectivity index (χ1) is 8.74. The Morgan fingerprint density at radius 3 is 2.83 bits per heavy atom. The van der Waals surface area contributed by atoms with Crippen LogP contribution in [0.2, 0.25) is 0 Å². The maximum absolute atomic E-state index is 6.00. The van der Waals surface area contributed by atoms with Gasteiger partial charge in [-0.25, -0.2) is 0 Å². The van der Waals surface area contributed by atoms with Gasteiger partial charge in [0.1, 0.15) is 11.6 Å². The van der Waals surface area contributed by atoms with Gasteiger partial charge in [-0.2, -0.15) is 0 Å². The zero-order valence-electron chi connectivity index (χ0n) is 10.7. The smallest absolute Gasteiger partial charge is 0.162 e. The van der Waals surface area contributed by atoms with Crippen molar-refractivity contribution in [3.63, 3.8) is 0 Å². The van der Waals surface area contributed by atoms with E-state index in [1.807, 2.05) is 22.6 Å². The van der Waals surface area contributed by atoms with Crippen LogP contribution >= 0.6 is 0 Å². The third-order valence-electron chi connectivity index (χ3n) is 3.83. The highest BCUT2D eigenvalue weighted by atomic mass is 15.3. The summed E-state index contributed by atoms with van der Waals surface area (Å²) in [5.74, 6) is 2.42. The number of likely N-dealkylation sites (tertiary alicyclic amines) is 1. The largest absolute Gasteiger partial charge is 0.385 e. The van der Waals surface area contributed by atoms with Crippen LogP contribution in [-0.2, 0) is 6.42 Å². The monoisotopic (exact) mass is 245 g/mol. The fourth-order valence-electron chi connectivity index (χ4n) is 2.68. The van der Waals surface area contributed by atoms with Gasteiger partial charge in [-0.05, 0) is 51.0 Å². The average molecular weight is 245 g/mol. The summed E-state index contributed by atoms with van der Waals surface area (Å²) < 4.78 is 1.97. The highest BCUT2D eigenvalue weighted by Crippen LogP contribution is 2.21. The van der Waals surface area contributed by atoms with Gasteiger partial charge >= 0.3 is 0 Å². The van der Waals surface area contributed by atoms with Crippen molar-refractivity contribution in [3.8, 4) is 0 Å². The molecule has 0 amide bonds. The number of hydrogen-bond acceptors (Lipinski definition) is 4. The quantitative estimate of drug-likeness (QED) is 0.863. The van der Waals surface area contributed by atoms with E-state index >= 15 is 0 Å². The molecule has 0 unspecified atom stereocenters. The molecule has 1 aliphatic rings. The molecule has 0 radical (unpaired) electrons. The summed E-state index contributed by atoms with van der Waals surface area (Å²) >= 11 is 0. The molecule has 1 saturated heterocycles. The first-order valence-corrected chi connectivity index (χ1v) is 6.51. The van der Waals surface area contributed by atoms with E-state index in [0.29, 0.717) is 5.92 Å². The number of nitrogens with zero attached hydrogens (tertiary/aromatic N) is 4. The number of rotatable bonds is 2. The Labute approximate surface area is 107 Å². The highest BCUT2D eigenvalue weighted by molar-refractivity contribution is 5.47. The minimum absolute atomic E-state index is 0.702. The van der Waals surface area contributed by atoms with Gasteiger partial charge in [0.05, 0.1) is 0 Å². The van der Waals surface area contributed by atoms with Gasteiger partial charge in [0.2, 0.25) is 0 Å². The molecule has 5 nitrogen and oxygen atoms in total. The number of nitrogens with two attached hydrogens (primary N) is 1. The van der Waals surface area contributed by atoms with E-state index in [-0.39, 0.29) is 0 Å². The maximum atomic E-state index is 6.00. The van der Waals surface area contributed by atoms with E-state index in [2.05, 4.69) is 22.1 Å². The number of nitrogen functional groups attached to an aromatic ring is 1. The van der Waals surface area contributed by atoms with Gasteiger partial charge in [0.25, 0.3) is 0 Å². The lowest BCUT2D eigenvalue weighted by molar-refractivity contribution is 0.217. The third kappa shape index (κ3) is 2.06. The van der Waals surface area contributed by atoms with Gasteiger partial charge in [-0.15, -0.1) is 10.2 Å². The summed E-state index contributed by atoms with van der Waals surface area (Å²) in [6.07, 6.45) is 3.44. The van der Waals surface area contributed by atoms with Crippen molar-refractivity contribution in [1.82, 2.24) is 19.5 Å². The number of fused-ring (bicyclic) bond motifs is 1. The minimum Gasteiger partial charge on any atom is -0.385 e. The van der Waals surface area contributed by atoms with Crippen molar-refractivity contribution in [1.29, 1.82) is 0 Å². The molecule has 0 saturated carbocycles. The van der Waals surface area contributed by atoms with E-state index in [1.165, 1.54) is 25.9 Å². The van der Waals surface area contributed by atoms with Gasteiger partial charge in [-0.3, -0.25) is 4.40 Å². The summed E-state index contributed by atoms with van der Waals surface area (Å²) in [4.78, 5) is 2.38. The van der Waals surface area contributed by atoms with Crippen molar-refractivity contribution in [3.05, 3.63) is 24.0 Å². The number of pyridine rings is 1. The highest BCUT2D eigenvalue weighted by Gasteiger charge is 2.19. The first-order valence-electron chi connectivity index (χ1n) is 6.51. The fraction of sp³-hybridized carbons (Fsp3) is 0.538. The van der Waals surface area contributed by atoms with Gasteiger partial charge in [0, 0.05) is 6.42 Å². The Kier molecular flexibility index (Phi) is 2.91. The van der Waals surface area contributed by atoms with E-state index in [9.17, 15) is 0 Å². The van der Waals surface area contributed by atoms with Crippen LogP contribution in [0.15, 0.2) is 18.2 Å². The number of piperidine rings is 1. The van der Waals surface area contributed by atoms with Crippen LogP contribution in [0.1, 0.15) is 18.7 Å². The van der Waals surface area contributed by atoms with Gasteiger partial charge in [0.15, 0.2) is 5.65 Å². The second-order valence-electron chi connectivity index (χ2n) is 5.21. The van der Waals surface area contributed by atoms with Crippen molar-refractivity contribution >= 4 is 11.5 Å². The summed E-state index contributed by atoms with van der Waals surface area (Å²) in [6, 6.07) is 5.76. The molecular formula is C13H19N5. The Bertz CT molecular complexity index is 539. The van der Waals surface area contributed by atoms with Crippen molar-refractivity contribution in [2.45, 2.75) is 19.3 Å². The molecule has 18 heavy (non-hydrogen) atoms. The zero-order chi connectivity index (χ0) is 12.5. The summed E-state index contributed by atoms with van der Waals surface area (Å²) in [6.45, 7) is 2.35. The van der Waals surface area contributed by atoms with Gasteiger partial charge in [-0.1, -0.05) is 6.07 Å². The Morgan fingerprint density at radius 1 is 1.28 bits per heavy atom. The molecule has 2 aromatic rings. The standard InChI is InChI=1S/C13H19N5/c1-17-7-5-10(6-8-17)9-13-16-15-12-4-2-3-11(14)18(12)13/h2-4,10H,5-9,14H2,1H3. The van der Waals surface area contributed by atoms with Crippen LogP contribution in [0.3, 0.4) is 0 Å². The predicted octanol–water partition coefficient (Wildman–Crippen LogP) is 1.20. The molecule has 96 valence electrons. The SMILES string of the molecule is CN1CCC(Cc2nnc3cccc(N)n23)CC1. The van der Waals surface area contributed by atoms with E-state index in [0.717, 1.165) is 23.7 Å². The molecule has 2 N–H and O–H groups in total. The molecule has 2 aromatic heterocycles. The predicted molar refractivity (Wildman–Crippen MR) is 71.3 cm³/mol. The first kappa shape index (κ1) is 11.5. The summed E-state index contributed by atoms with van der Waals surface area (Å²) in [7, 11) is 2.18.